The van der Waals surface area contributed by atoms with Gasteiger partial charge < -0.3 is 9.64 Å². The summed E-state index contributed by atoms with van der Waals surface area (Å²) in [6, 6.07) is 5.45. The first-order valence-electron chi connectivity index (χ1n) is 4.51. The Morgan fingerprint density at radius 2 is 2.27 bits per heavy atom. The molecule has 0 aliphatic carbocycles. The zero-order valence-electron chi connectivity index (χ0n) is 7.87. The van der Waals surface area contributed by atoms with Gasteiger partial charge in [-0.25, -0.2) is 0 Å². The van der Waals surface area contributed by atoms with Crippen LogP contribution in [0.2, 0.25) is 5.02 Å². The van der Waals surface area contributed by atoms with Crippen molar-refractivity contribution in [2.45, 2.75) is 0 Å². The largest absolute Gasteiger partial charge is 0.370 e. The number of ether oxygens (including phenoxy) is 1. The van der Waals surface area contributed by atoms with Crippen LogP contribution in [0.4, 0.5) is 5.69 Å². The van der Waals surface area contributed by atoms with Gasteiger partial charge in [-0.1, -0.05) is 27.5 Å². The maximum atomic E-state index is 11.6. The third-order valence-corrected chi connectivity index (χ3v) is 3.00. The summed E-state index contributed by atoms with van der Waals surface area (Å²) in [5.41, 5.74) is 0.736. The number of amides is 1. The number of anilines is 1. The Hall–Kier alpha value is -0.580. The van der Waals surface area contributed by atoms with Crippen LogP contribution in [0.3, 0.4) is 0 Å². The standard InChI is InChI=1S/C10H9BrClNO2/c11-7-1-2-8(12)9(5-7)13-3-4-15-6-10(13)14/h1-2,5H,3-4,6H2. The Morgan fingerprint density at radius 1 is 1.47 bits per heavy atom. The number of rotatable bonds is 1. The van der Waals surface area contributed by atoms with Gasteiger partial charge in [-0.05, 0) is 18.2 Å². The molecule has 0 spiro atoms. The number of carbonyl (C=O) groups excluding carboxylic acids is 1. The fraction of sp³-hybridized carbons (Fsp3) is 0.300. The van der Waals surface area contributed by atoms with Crippen molar-refractivity contribution in [3.63, 3.8) is 0 Å². The van der Waals surface area contributed by atoms with Crippen LogP contribution in [0.1, 0.15) is 0 Å². The van der Waals surface area contributed by atoms with Gasteiger partial charge >= 0.3 is 0 Å². The van der Waals surface area contributed by atoms with Crippen LogP contribution in [0, 0.1) is 0 Å². The average molecular weight is 291 g/mol. The summed E-state index contributed by atoms with van der Waals surface area (Å²) >= 11 is 9.39. The zero-order chi connectivity index (χ0) is 10.8. The molecule has 80 valence electrons. The van der Waals surface area contributed by atoms with Gasteiger partial charge in [-0.3, -0.25) is 4.79 Å². The van der Waals surface area contributed by atoms with E-state index in [9.17, 15) is 4.79 Å². The second-order valence-electron chi connectivity index (χ2n) is 3.19. The van der Waals surface area contributed by atoms with Crippen LogP contribution < -0.4 is 4.90 Å². The molecule has 2 rings (SSSR count). The van der Waals surface area contributed by atoms with Gasteiger partial charge in [0.15, 0.2) is 0 Å². The van der Waals surface area contributed by atoms with Crippen molar-refractivity contribution >= 4 is 39.1 Å². The minimum atomic E-state index is -0.0544. The molecule has 15 heavy (non-hydrogen) atoms. The van der Waals surface area contributed by atoms with E-state index in [0.29, 0.717) is 18.2 Å². The fourth-order valence-electron chi connectivity index (χ4n) is 1.47. The van der Waals surface area contributed by atoms with Crippen molar-refractivity contribution in [1.29, 1.82) is 0 Å². The molecule has 1 aromatic rings. The summed E-state index contributed by atoms with van der Waals surface area (Å²) in [7, 11) is 0. The Morgan fingerprint density at radius 3 is 3.00 bits per heavy atom. The van der Waals surface area contributed by atoms with Crippen LogP contribution in [-0.2, 0) is 9.53 Å². The van der Waals surface area contributed by atoms with Gasteiger partial charge in [0.25, 0.3) is 5.91 Å². The molecule has 1 aliphatic rings. The summed E-state index contributed by atoms with van der Waals surface area (Å²) in [5, 5.41) is 0.577. The lowest BCUT2D eigenvalue weighted by atomic mass is 10.2. The molecule has 1 aromatic carbocycles. The fourth-order valence-corrected chi connectivity index (χ4v) is 2.03. The maximum absolute atomic E-state index is 11.6. The minimum Gasteiger partial charge on any atom is -0.370 e. The molecule has 0 radical (unpaired) electrons. The molecule has 0 unspecified atom stereocenters. The Balaban J connectivity index is 2.34. The second kappa shape index (κ2) is 4.51. The molecule has 1 fully saturated rings. The van der Waals surface area contributed by atoms with Gasteiger partial charge in [-0.15, -0.1) is 0 Å². The Labute approximate surface area is 101 Å². The summed E-state index contributed by atoms with van der Waals surface area (Å²) in [5.74, 6) is -0.0544. The number of morpholine rings is 1. The van der Waals surface area contributed by atoms with E-state index in [1.54, 1.807) is 11.0 Å². The number of carbonyl (C=O) groups is 1. The first kappa shape index (κ1) is 10.9. The number of hydrogen-bond acceptors (Lipinski definition) is 2. The summed E-state index contributed by atoms with van der Waals surface area (Å²) in [6.45, 7) is 1.23. The zero-order valence-corrected chi connectivity index (χ0v) is 10.2. The molecule has 0 atom stereocenters. The predicted octanol–water partition coefficient (Wildman–Crippen LogP) is 2.47. The van der Waals surface area contributed by atoms with Crippen molar-refractivity contribution in [2.75, 3.05) is 24.7 Å². The number of benzene rings is 1. The second-order valence-corrected chi connectivity index (χ2v) is 4.52. The van der Waals surface area contributed by atoms with Crippen LogP contribution in [0.15, 0.2) is 22.7 Å². The molecule has 5 heteroatoms. The normalized spacial score (nSPS) is 16.9. The summed E-state index contributed by atoms with van der Waals surface area (Å²) < 4.78 is 5.96. The van der Waals surface area contributed by atoms with E-state index in [1.807, 2.05) is 12.1 Å². The lowest BCUT2D eigenvalue weighted by Crippen LogP contribution is -2.41. The molecule has 1 saturated heterocycles. The Kier molecular flexibility index (Phi) is 3.29. The van der Waals surface area contributed by atoms with Crippen molar-refractivity contribution in [1.82, 2.24) is 0 Å². The minimum absolute atomic E-state index is 0.0544. The molecule has 0 bridgehead atoms. The van der Waals surface area contributed by atoms with E-state index >= 15 is 0 Å². The molecule has 0 aromatic heterocycles. The van der Waals surface area contributed by atoms with Crippen LogP contribution >= 0.6 is 27.5 Å². The molecule has 1 amide bonds. The third-order valence-electron chi connectivity index (χ3n) is 2.18. The highest BCUT2D eigenvalue weighted by Gasteiger charge is 2.22. The number of nitrogens with zero attached hydrogens (tertiary/aromatic N) is 1. The van der Waals surface area contributed by atoms with Gasteiger partial charge in [-0.2, -0.15) is 0 Å². The van der Waals surface area contributed by atoms with E-state index < -0.39 is 0 Å². The number of hydrogen-bond donors (Lipinski definition) is 0. The summed E-state index contributed by atoms with van der Waals surface area (Å²) in [6.07, 6.45) is 0. The highest BCUT2D eigenvalue weighted by molar-refractivity contribution is 9.10. The Bertz CT molecular complexity index is 397. The molecule has 1 heterocycles. The highest BCUT2D eigenvalue weighted by Crippen LogP contribution is 2.29. The first-order valence-corrected chi connectivity index (χ1v) is 5.69. The van der Waals surface area contributed by atoms with Crippen molar-refractivity contribution < 1.29 is 9.53 Å². The van der Waals surface area contributed by atoms with Crippen molar-refractivity contribution in [3.8, 4) is 0 Å². The molecule has 0 saturated carbocycles. The third kappa shape index (κ3) is 2.33. The van der Waals surface area contributed by atoms with Crippen molar-refractivity contribution in [2.24, 2.45) is 0 Å². The lowest BCUT2D eigenvalue weighted by molar-refractivity contribution is -0.125. The van der Waals surface area contributed by atoms with E-state index in [1.165, 1.54) is 0 Å². The van der Waals surface area contributed by atoms with E-state index in [-0.39, 0.29) is 12.5 Å². The number of halogens is 2. The molecular weight excluding hydrogens is 281 g/mol. The van der Waals surface area contributed by atoms with Crippen molar-refractivity contribution in [3.05, 3.63) is 27.7 Å². The van der Waals surface area contributed by atoms with Gasteiger partial charge in [0.2, 0.25) is 0 Å². The highest BCUT2D eigenvalue weighted by atomic mass is 79.9. The van der Waals surface area contributed by atoms with Crippen LogP contribution in [0.5, 0.6) is 0 Å². The monoisotopic (exact) mass is 289 g/mol. The lowest BCUT2D eigenvalue weighted by Gasteiger charge is -2.27. The molecule has 1 aliphatic heterocycles. The molecule has 0 N–H and O–H groups in total. The molecular formula is C10H9BrClNO2. The topological polar surface area (TPSA) is 29.5 Å². The quantitative estimate of drug-likeness (QED) is 0.795. The van der Waals surface area contributed by atoms with Gasteiger partial charge in [0.05, 0.1) is 17.3 Å². The van der Waals surface area contributed by atoms with Crippen LogP contribution in [0.25, 0.3) is 0 Å². The average Bonchev–Trinajstić information content (AvgIpc) is 2.23. The maximum Gasteiger partial charge on any atom is 0.253 e. The van der Waals surface area contributed by atoms with E-state index in [0.717, 1.165) is 10.2 Å². The first-order chi connectivity index (χ1) is 7.18. The SMILES string of the molecule is O=C1COCCN1c1cc(Br)ccc1Cl. The van der Waals surface area contributed by atoms with Gasteiger partial charge in [0, 0.05) is 11.0 Å². The predicted molar refractivity (Wildman–Crippen MR) is 62.3 cm³/mol. The van der Waals surface area contributed by atoms with E-state index in [4.69, 9.17) is 16.3 Å². The van der Waals surface area contributed by atoms with E-state index in [2.05, 4.69) is 15.9 Å². The molecule has 3 nitrogen and oxygen atoms in total. The van der Waals surface area contributed by atoms with Crippen LogP contribution in [-0.4, -0.2) is 25.7 Å². The smallest absolute Gasteiger partial charge is 0.253 e. The van der Waals surface area contributed by atoms with Gasteiger partial charge in [0.1, 0.15) is 6.61 Å². The summed E-state index contributed by atoms with van der Waals surface area (Å²) in [4.78, 5) is 13.2.